The second-order valence-electron chi connectivity index (χ2n) is 5.57. The maximum atomic E-state index is 12.4. The van der Waals surface area contributed by atoms with Crippen LogP contribution in [0.1, 0.15) is 41.6 Å². The summed E-state index contributed by atoms with van der Waals surface area (Å²) in [4.78, 5) is 14.5. The van der Waals surface area contributed by atoms with Crippen molar-refractivity contribution in [2.45, 2.75) is 32.1 Å². The van der Waals surface area contributed by atoms with Gasteiger partial charge in [-0.15, -0.1) is 0 Å². The molecule has 0 radical (unpaired) electrons. The Hall–Kier alpha value is -1.51. The second-order valence-corrected chi connectivity index (χ2v) is 5.57. The van der Waals surface area contributed by atoms with Crippen LogP contribution >= 0.6 is 0 Å². The van der Waals surface area contributed by atoms with Gasteiger partial charge in [-0.1, -0.05) is 18.9 Å². The summed E-state index contributed by atoms with van der Waals surface area (Å²) < 4.78 is 0. The molecule has 0 unspecified atom stereocenters. The van der Waals surface area contributed by atoms with Gasteiger partial charge >= 0.3 is 0 Å². The molecule has 1 aromatic carbocycles. The van der Waals surface area contributed by atoms with Gasteiger partial charge in [-0.25, -0.2) is 0 Å². The van der Waals surface area contributed by atoms with Gasteiger partial charge in [0.2, 0.25) is 0 Å². The summed E-state index contributed by atoms with van der Waals surface area (Å²) in [6.45, 7) is 1.80. The Labute approximate surface area is 108 Å². The molecule has 3 rings (SSSR count). The van der Waals surface area contributed by atoms with E-state index in [0.29, 0.717) is 5.69 Å². The van der Waals surface area contributed by atoms with Crippen LogP contribution in [0.25, 0.3) is 0 Å². The molecule has 0 aromatic heterocycles. The highest BCUT2D eigenvalue weighted by Gasteiger charge is 2.27. The Morgan fingerprint density at radius 2 is 2.06 bits per heavy atom. The lowest BCUT2D eigenvalue weighted by atomic mass is 9.97. The molecule has 96 valence electrons. The van der Waals surface area contributed by atoms with Crippen LogP contribution in [0.5, 0.6) is 0 Å². The van der Waals surface area contributed by atoms with E-state index in [9.17, 15) is 4.79 Å². The maximum Gasteiger partial charge on any atom is 0.254 e. The SMILES string of the molecule is Nc1ccc2c(c1)C(=O)N(CC1CCCC1)CC2. The Morgan fingerprint density at radius 3 is 2.83 bits per heavy atom. The lowest BCUT2D eigenvalue weighted by molar-refractivity contribution is 0.0712. The highest BCUT2D eigenvalue weighted by Crippen LogP contribution is 2.28. The van der Waals surface area contributed by atoms with E-state index in [2.05, 4.69) is 0 Å². The third kappa shape index (κ3) is 2.09. The predicted molar refractivity (Wildman–Crippen MR) is 72.4 cm³/mol. The van der Waals surface area contributed by atoms with Crippen molar-refractivity contribution in [2.75, 3.05) is 18.8 Å². The summed E-state index contributed by atoms with van der Waals surface area (Å²) in [5.74, 6) is 0.895. The average molecular weight is 244 g/mol. The molecule has 3 heteroatoms. The molecule has 0 saturated heterocycles. The summed E-state index contributed by atoms with van der Waals surface area (Å²) in [5, 5.41) is 0. The zero-order chi connectivity index (χ0) is 12.5. The molecule has 1 fully saturated rings. The third-order valence-electron chi connectivity index (χ3n) is 4.26. The number of carbonyl (C=O) groups excluding carboxylic acids is 1. The van der Waals surface area contributed by atoms with E-state index in [-0.39, 0.29) is 5.91 Å². The second kappa shape index (κ2) is 4.63. The quantitative estimate of drug-likeness (QED) is 0.812. The molecule has 18 heavy (non-hydrogen) atoms. The van der Waals surface area contributed by atoms with Crippen LogP contribution in [0.4, 0.5) is 5.69 Å². The van der Waals surface area contributed by atoms with Gasteiger partial charge in [0.1, 0.15) is 0 Å². The highest BCUT2D eigenvalue weighted by atomic mass is 16.2. The third-order valence-corrected chi connectivity index (χ3v) is 4.26. The summed E-state index contributed by atoms with van der Waals surface area (Å²) in [6.07, 6.45) is 6.20. The first-order valence-electron chi connectivity index (χ1n) is 6.92. The number of nitrogens with zero attached hydrogens (tertiary/aromatic N) is 1. The van der Waals surface area contributed by atoms with E-state index in [1.807, 2.05) is 23.1 Å². The highest BCUT2D eigenvalue weighted by molar-refractivity contribution is 5.97. The number of nitrogens with two attached hydrogens (primary N) is 1. The van der Waals surface area contributed by atoms with Crippen LogP contribution in [-0.4, -0.2) is 23.9 Å². The summed E-state index contributed by atoms with van der Waals surface area (Å²) in [6, 6.07) is 5.71. The molecule has 2 aliphatic rings. The molecular weight excluding hydrogens is 224 g/mol. The Morgan fingerprint density at radius 1 is 1.28 bits per heavy atom. The van der Waals surface area contributed by atoms with Gasteiger partial charge in [0.15, 0.2) is 0 Å². The number of anilines is 1. The van der Waals surface area contributed by atoms with Gasteiger partial charge in [-0.2, -0.15) is 0 Å². The van der Waals surface area contributed by atoms with Crippen LogP contribution < -0.4 is 5.73 Å². The number of hydrogen-bond acceptors (Lipinski definition) is 2. The number of fused-ring (bicyclic) bond motifs is 1. The first-order chi connectivity index (χ1) is 8.74. The molecule has 0 spiro atoms. The van der Waals surface area contributed by atoms with Gasteiger partial charge < -0.3 is 10.6 Å². The normalized spacial score (nSPS) is 20.2. The van der Waals surface area contributed by atoms with Crippen LogP contribution in [0.15, 0.2) is 18.2 Å². The van der Waals surface area contributed by atoms with E-state index < -0.39 is 0 Å². The maximum absolute atomic E-state index is 12.4. The van der Waals surface area contributed by atoms with Crippen LogP contribution in [0.3, 0.4) is 0 Å². The van der Waals surface area contributed by atoms with Crippen molar-refractivity contribution in [1.82, 2.24) is 4.90 Å². The number of nitrogen functional groups attached to an aromatic ring is 1. The van der Waals surface area contributed by atoms with Crippen molar-refractivity contribution in [2.24, 2.45) is 5.92 Å². The molecule has 1 aliphatic carbocycles. The number of hydrogen-bond donors (Lipinski definition) is 1. The van der Waals surface area contributed by atoms with Crippen molar-refractivity contribution in [1.29, 1.82) is 0 Å². The summed E-state index contributed by atoms with van der Waals surface area (Å²) >= 11 is 0. The molecule has 1 aromatic rings. The molecule has 0 atom stereocenters. The van der Waals surface area contributed by atoms with Crippen molar-refractivity contribution in [3.8, 4) is 0 Å². The minimum atomic E-state index is 0.176. The minimum Gasteiger partial charge on any atom is -0.399 e. The molecule has 0 bridgehead atoms. The van der Waals surface area contributed by atoms with E-state index >= 15 is 0 Å². The molecule has 1 heterocycles. The van der Waals surface area contributed by atoms with Crippen LogP contribution in [-0.2, 0) is 6.42 Å². The molecular formula is C15H20N2O. The summed E-state index contributed by atoms with van der Waals surface area (Å²) in [5.41, 5.74) is 8.44. The van der Waals surface area contributed by atoms with E-state index in [1.54, 1.807) is 0 Å². The van der Waals surface area contributed by atoms with Gasteiger partial charge in [0.05, 0.1) is 0 Å². The monoisotopic (exact) mass is 244 g/mol. The smallest absolute Gasteiger partial charge is 0.254 e. The lowest BCUT2D eigenvalue weighted by Gasteiger charge is -2.30. The van der Waals surface area contributed by atoms with Crippen molar-refractivity contribution in [3.05, 3.63) is 29.3 Å². The zero-order valence-corrected chi connectivity index (χ0v) is 10.7. The molecule has 1 aliphatic heterocycles. The first-order valence-corrected chi connectivity index (χ1v) is 6.92. The van der Waals surface area contributed by atoms with Crippen LogP contribution in [0, 0.1) is 5.92 Å². The van der Waals surface area contributed by atoms with Gasteiger partial charge in [0, 0.05) is 24.3 Å². The van der Waals surface area contributed by atoms with Crippen molar-refractivity contribution < 1.29 is 4.79 Å². The Bertz CT molecular complexity index is 464. The van der Waals surface area contributed by atoms with E-state index in [0.717, 1.165) is 36.6 Å². The van der Waals surface area contributed by atoms with Gasteiger partial charge in [0.25, 0.3) is 5.91 Å². The Kier molecular flexibility index (Phi) is 2.98. The average Bonchev–Trinajstić information content (AvgIpc) is 2.86. The molecule has 1 amide bonds. The number of amides is 1. The van der Waals surface area contributed by atoms with E-state index in [4.69, 9.17) is 5.73 Å². The number of benzene rings is 1. The van der Waals surface area contributed by atoms with Crippen molar-refractivity contribution >= 4 is 11.6 Å². The fraction of sp³-hybridized carbons (Fsp3) is 0.533. The van der Waals surface area contributed by atoms with Gasteiger partial charge in [-0.3, -0.25) is 4.79 Å². The fourth-order valence-corrected chi connectivity index (χ4v) is 3.22. The molecule has 3 nitrogen and oxygen atoms in total. The van der Waals surface area contributed by atoms with Crippen molar-refractivity contribution in [3.63, 3.8) is 0 Å². The largest absolute Gasteiger partial charge is 0.399 e. The number of carbonyl (C=O) groups is 1. The Balaban J connectivity index is 1.78. The molecule has 2 N–H and O–H groups in total. The van der Waals surface area contributed by atoms with Gasteiger partial charge in [-0.05, 0) is 42.9 Å². The topological polar surface area (TPSA) is 46.3 Å². The van der Waals surface area contributed by atoms with E-state index in [1.165, 1.54) is 25.7 Å². The lowest BCUT2D eigenvalue weighted by Crippen LogP contribution is -2.40. The zero-order valence-electron chi connectivity index (χ0n) is 10.7. The minimum absolute atomic E-state index is 0.176. The molecule has 1 saturated carbocycles. The summed E-state index contributed by atoms with van der Waals surface area (Å²) in [7, 11) is 0. The fourth-order valence-electron chi connectivity index (χ4n) is 3.22. The standard InChI is InChI=1S/C15H20N2O/c16-13-6-5-12-7-8-17(15(18)14(12)9-13)10-11-3-1-2-4-11/h5-6,9,11H,1-4,7-8,10,16H2. The van der Waals surface area contributed by atoms with Crippen LogP contribution in [0.2, 0.25) is 0 Å². The number of rotatable bonds is 2. The first kappa shape index (κ1) is 11.6. The predicted octanol–water partition coefficient (Wildman–Crippen LogP) is 2.46.